The van der Waals surface area contributed by atoms with Gasteiger partial charge in [0.1, 0.15) is 0 Å². The molecule has 0 atom stereocenters. The predicted molar refractivity (Wildman–Crippen MR) is 108 cm³/mol. The summed E-state index contributed by atoms with van der Waals surface area (Å²) in [6.07, 6.45) is 4.27. The molecule has 1 saturated carbocycles. The van der Waals surface area contributed by atoms with Crippen LogP contribution in [0.1, 0.15) is 39.2 Å². The summed E-state index contributed by atoms with van der Waals surface area (Å²) in [5.74, 6) is 2.18. The fraction of sp³-hybridized carbons (Fsp3) is 0.650. The lowest BCUT2D eigenvalue weighted by molar-refractivity contribution is -0.131. The third-order valence-electron chi connectivity index (χ3n) is 4.56. The third kappa shape index (κ3) is 7.07. The molecule has 1 heterocycles. The Kier molecular flexibility index (Phi) is 8.36. The van der Waals surface area contributed by atoms with Gasteiger partial charge in [0.15, 0.2) is 5.96 Å². The van der Waals surface area contributed by atoms with E-state index in [1.54, 1.807) is 6.20 Å². The minimum absolute atomic E-state index is 0.104. The van der Waals surface area contributed by atoms with Crippen LogP contribution in [0.4, 0.5) is 0 Å². The van der Waals surface area contributed by atoms with Crippen LogP contribution < -0.4 is 10.1 Å². The predicted octanol–water partition coefficient (Wildman–Crippen LogP) is 2.14. The van der Waals surface area contributed by atoms with Crippen LogP contribution in [0.5, 0.6) is 5.88 Å². The summed E-state index contributed by atoms with van der Waals surface area (Å²) in [6.45, 7) is 9.75. The summed E-state index contributed by atoms with van der Waals surface area (Å²) in [6, 6.07) is 3.88. The smallest absolute Gasteiger partial charge is 0.242 e. The Bertz CT molecular complexity index is 627. The SMILES string of the molecule is CCNC(=NCc1ccnc(OCC2CC2)c1)N(C)CC(=O)N(CC)CC. The number of carbonyl (C=O) groups excluding carboxylic acids is 1. The van der Waals surface area contributed by atoms with E-state index in [4.69, 9.17) is 4.74 Å². The Hall–Kier alpha value is -2.31. The minimum atomic E-state index is 0.104. The van der Waals surface area contributed by atoms with Gasteiger partial charge in [-0.05, 0) is 51.2 Å². The van der Waals surface area contributed by atoms with Gasteiger partial charge in [0.25, 0.3) is 0 Å². The second-order valence-corrected chi connectivity index (χ2v) is 6.85. The summed E-state index contributed by atoms with van der Waals surface area (Å²) in [4.78, 5) is 25.0. The molecule has 0 bridgehead atoms. The lowest BCUT2D eigenvalue weighted by atomic mass is 10.3. The standard InChI is InChI=1S/C20H33N5O2/c1-5-21-20(24(4)14-19(26)25(6-2)7-3)23-13-17-10-11-22-18(12-17)27-15-16-8-9-16/h10-12,16H,5-9,13-15H2,1-4H3,(H,21,23). The lowest BCUT2D eigenvalue weighted by Crippen LogP contribution is -2.45. The highest BCUT2D eigenvalue weighted by molar-refractivity contribution is 5.86. The van der Waals surface area contributed by atoms with Gasteiger partial charge < -0.3 is 19.9 Å². The highest BCUT2D eigenvalue weighted by Crippen LogP contribution is 2.29. The molecule has 27 heavy (non-hydrogen) atoms. The molecular formula is C20H33N5O2. The topological polar surface area (TPSA) is 70.1 Å². The molecule has 0 aromatic carbocycles. The number of rotatable bonds is 10. The van der Waals surface area contributed by atoms with E-state index in [0.29, 0.717) is 24.9 Å². The van der Waals surface area contributed by atoms with Crippen molar-refractivity contribution >= 4 is 11.9 Å². The van der Waals surface area contributed by atoms with Crippen LogP contribution >= 0.6 is 0 Å². The summed E-state index contributed by atoms with van der Waals surface area (Å²) in [7, 11) is 1.89. The molecule has 1 fully saturated rings. The van der Waals surface area contributed by atoms with E-state index in [0.717, 1.165) is 37.8 Å². The monoisotopic (exact) mass is 375 g/mol. The number of aliphatic imine (C=N–C) groups is 1. The fourth-order valence-electron chi connectivity index (χ4n) is 2.71. The van der Waals surface area contributed by atoms with Crippen molar-refractivity contribution in [1.82, 2.24) is 20.1 Å². The van der Waals surface area contributed by atoms with Crippen LogP contribution in [0, 0.1) is 5.92 Å². The summed E-state index contributed by atoms with van der Waals surface area (Å²) < 4.78 is 5.74. The zero-order valence-electron chi connectivity index (χ0n) is 17.1. The molecule has 1 amide bonds. The van der Waals surface area contributed by atoms with E-state index in [9.17, 15) is 4.79 Å². The third-order valence-corrected chi connectivity index (χ3v) is 4.56. The fourth-order valence-corrected chi connectivity index (χ4v) is 2.71. The highest BCUT2D eigenvalue weighted by Gasteiger charge is 2.22. The van der Waals surface area contributed by atoms with E-state index >= 15 is 0 Å². The first kappa shape index (κ1) is 21.0. The van der Waals surface area contributed by atoms with Gasteiger partial charge in [0, 0.05) is 38.9 Å². The highest BCUT2D eigenvalue weighted by atomic mass is 16.5. The van der Waals surface area contributed by atoms with Crippen LogP contribution in [0.3, 0.4) is 0 Å². The van der Waals surface area contributed by atoms with E-state index in [2.05, 4.69) is 15.3 Å². The number of nitrogens with zero attached hydrogens (tertiary/aromatic N) is 4. The number of likely N-dealkylation sites (N-methyl/N-ethyl adjacent to an activating group) is 2. The maximum absolute atomic E-state index is 12.4. The number of pyridine rings is 1. The Morgan fingerprint density at radius 1 is 1.33 bits per heavy atom. The van der Waals surface area contributed by atoms with Crippen molar-refractivity contribution in [1.29, 1.82) is 0 Å². The second-order valence-electron chi connectivity index (χ2n) is 6.85. The Balaban J connectivity index is 1.96. The maximum atomic E-state index is 12.4. The summed E-state index contributed by atoms with van der Waals surface area (Å²) in [5.41, 5.74) is 1.04. The Labute approximate surface area is 162 Å². The molecular weight excluding hydrogens is 342 g/mol. The van der Waals surface area contributed by atoms with E-state index in [1.165, 1.54) is 12.8 Å². The van der Waals surface area contributed by atoms with Crippen LogP contribution in [0.2, 0.25) is 0 Å². The molecule has 0 aliphatic heterocycles. The number of nitrogens with one attached hydrogen (secondary N) is 1. The first-order valence-electron chi connectivity index (χ1n) is 9.92. The van der Waals surface area contributed by atoms with Gasteiger partial charge in [-0.3, -0.25) is 4.79 Å². The number of aromatic nitrogens is 1. The van der Waals surface area contributed by atoms with Gasteiger partial charge in [0.05, 0.1) is 19.7 Å². The largest absolute Gasteiger partial charge is 0.477 e. The molecule has 150 valence electrons. The van der Waals surface area contributed by atoms with Gasteiger partial charge in [-0.25, -0.2) is 9.98 Å². The van der Waals surface area contributed by atoms with Crippen molar-refractivity contribution in [2.24, 2.45) is 10.9 Å². The van der Waals surface area contributed by atoms with Crippen molar-refractivity contribution in [3.05, 3.63) is 23.9 Å². The van der Waals surface area contributed by atoms with Crippen LogP contribution in [0.15, 0.2) is 23.3 Å². The number of amides is 1. The molecule has 2 rings (SSSR count). The number of hydrogen-bond acceptors (Lipinski definition) is 4. The second kappa shape index (κ2) is 10.7. The molecule has 7 heteroatoms. The number of guanidine groups is 1. The summed E-state index contributed by atoms with van der Waals surface area (Å²) in [5, 5.41) is 3.25. The quantitative estimate of drug-likeness (QED) is 0.501. The Morgan fingerprint density at radius 2 is 2.07 bits per heavy atom. The van der Waals surface area contributed by atoms with E-state index in [1.807, 2.05) is 49.8 Å². The molecule has 0 saturated heterocycles. The van der Waals surface area contributed by atoms with E-state index < -0.39 is 0 Å². The van der Waals surface area contributed by atoms with Crippen molar-refractivity contribution in [3.63, 3.8) is 0 Å². The van der Waals surface area contributed by atoms with Crippen LogP contribution in [0.25, 0.3) is 0 Å². The molecule has 0 spiro atoms. The first-order chi connectivity index (χ1) is 13.1. The Morgan fingerprint density at radius 3 is 2.70 bits per heavy atom. The minimum Gasteiger partial charge on any atom is -0.477 e. The molecule has 1 aliphatic rings. The van der Waals surface area contributed by atoms with Gasteiger partial charge in [-0.15, -0.1) is 0 Å². The van der Waals surface area contributed by atoms with Crippen molar-refractivity contribution in [2.75, 3.05) is 39.8 Å². The molecule has 0 radical (unpaired) electrons. The van der Waals surface area contributed by atoms with Crippen LogP contribution in [-0.2, 0) is 11.3 Å². The average molecular weight is 376 g/mol. The van der Waals surface area contributed by atoms with Gasteiger partial charge >= 0.3 is 0 Å². The van der Waals surface area contributed by atoms with Crippen molar-refractivity contribution in [2.45, 2.75) is 40.2 Å². The molecule has 1 N–H and O–H groups in total. The first-order valence-corrected chi connectivity index (χ1v) is 9.92. The molecule has 7 nitrogen and oxygen atoms in total. The van der Waals surface area contributed by atoms with Crippen molar-refractivity contribution in [3.8, 4) is 5.88 Å². The van der Waals surface area contributed by atoms with Gasteiger partial charge in [0.2, 0.25) is 11.8 Å². The van der Waals surface area contributed by atoms with Crippen LogP contribution in [-0.4, -0.2) is 66.5 Å². The number of carbonyl (C=O) groups is 1. The summed E-state index contributed by atoms with van der Waals surface area (Å²) >= 11 is 0. The molecule has 0 unspecified atom stereocenters. The zero-order chi connectivity index (χ0) is 19.6. The molecule has 1 aliphatic carbocycles. The average Bonchev–Trinajstić information content (AvgIpc) is 3.49. The zero-order valence-corrected chi connectivity index (χ0v) is 17.1. The number of ether oxygens (including phenoxy) is 1. The normalized spacial score (nSPS) is 14.0. The number of hydrogen-bond donors (Lipinski definition) is 1. The van der Waals surface area contributed by atoms with Gasteiger partial charge in [-0.1, -0.05) is 0 Å². The molecule has 1 aromatic heterocycles. The lowest BCUT2D eigenvalue weighted by Gasteiger charge is -2.25. The van der Waals surface area contributed by atoms with Crippen molar-refractivity contribution < 1.29 is 9.53 Å². The van der Waals surface area contributed by atoms with E-state index in [-0.39, 0.29) is 5.91 Å². The maximum Gasteiger partial charge on any atom is 0.242 e. The molecule has 1 aromatic rings. The van der Waals surface area contributed by atoms with Gasteiger partial charge in [-0.2, -0.15) is 0 Å².